The molecule has 0 bridgehead atoms. The van der Waals surface area contributed by atoms with E-state index in [1.54, 1.807) is 6.92 Å². The van der Waals surface area contributed by atoms with Crippen LogP contribution in [0.25, 0.3) is 0 Å². The standard InChI is InChI=1S/C21H36N2O6S2/c1-6-11-22(12-7-2)30(25,26)19-15-18(21(24)29-10-5)16-20(17-19)31(27,28)23(13-8-3)14-9-4/h15-17H,6-14H2,1-5H3. The summed E-state index contributed by atoms with van der Waals surface area (Å²) in [5.41, 5.74) is -0.0950. The second-order valence-corrected chi connectivity index (χ2v) is 11.1. The Labute approximate surface area is 187 Å². The molecular weight excluding hydrogens is 440 g/mol. The van der Waals surface area contributed by atoms with Gasteiger partial charge in [-0.2, -0.15) is 8.61 Å². The van der Waals surface area contributed by atoms with Crippen molar-refractivity contribution in [1.82, 2.24) is 8.61 Å². The number of rotatable bonds is 14. The molecule has 0 aliphatic rings. The first-order chi connectivity index (χ1) is 14.6. The third kappa shape index (κ3) is 7.00. The first-order valence-electron chi connectivity index (χ1n) is 10.9. The van der Waals surface area contributed by atoms with Gasteiger partial charge < -0.3 is 4.74 Å². The molecule has 0 spiro atoms. The smallest absolute Gasteiger partial charge is 0.338 e. The number of carbonyl (C=O) groups is 1. The number of sulfonamides is 2. The minimum Gasteiger partial charge on any atom is -0.462 e. The molecule has 0 aliphatic carbocycles. The van der Waals surface area contributed by atoms with Crippen molar-refractivity contribution in [3.8, 4) is 0 Å². The first kappa shape index (κ1) is 27.5. The van der Waals surface area contributed by atoms with Crippen LogP contribution in [0.2, 0.25) is 0 Å². The molecule has 0 fully saturated rings. The average Bonchev–Trinajstić information content (AvgIpc) is 2.73. The van der Waals surface area contributed by atoms with Crippen LogP contribution in [0.4, 0.5) is 0 Å². The van der Waals surface area contributed by atoms with E-state index in [2.05, 4.69) is 0 Å². The number of hydrogen-bond acceptors (Lipinski definition) is 6. The fraction of sp³-hybridized carbons (Fsp3) is 0.667. The maximum Gasteiger partial charge on any atom is 0.338 e. The molecule has 0 saturated heterocycles. The summed E-state index contributed by atoms with van der Waals surface area (Å²) in [5.74, 6) is -0.758. The van der Waals surface area contributed by atoms with Crippen LogP contribution in [0.1, 0.15) is 70.7 Å². The molecule has 10 heteroatoms. The van der Waals surface area contributed by atoms with Gasteiger partial charge in [-0.15, -0.1) is 0 Å². The lowest BCUT2D eigenvalue weighted by molar-refractivity contribution is 0.0525. The van der Waals surface area contributed by atoms with E-state index >= 15 is 0 Å². The normalized spacial score (nSPS) is 12.5. The van der Waals surface area contributed by atoms with E-state index in [0.29, 0.717) is 51.9 Å². The minimum atomic E-state index is -3.99. The fourth-order valence-electron chi connectivity index (χ4n) is 3.20. The van der Waals surface area contributed by atoms with E-state index in [1.807, 2.05) is 27.7 Å². The molecule has 0 aromatic heterocycles. The number of esters is 1. The van der Waals surface area contributed by atoms with Gasteiger partial charge in [0.05, 0.1) is 22.0 Å². The van der Waals surface area contributed by atoms with E-state index in [9.17, 15) is 21.6 Å². The molecule has 0 unspecified atom stereocenters. The summed E-state index contributed by atoms with van der Waals surface area (Å²) < 4.78 is 60.9. The minimum absolute atomic E-state index is 0.0908. The van der Waals surface area contributed by atoms with Gasteiger partial charge >= 0.3 is 5.97 Å². The lowest BCUT2D eigenvalue weighted by Gasteiger charge is -2.24. The van der Waals surface area contributed by atoms with E-state index in [0.717, 1.165) is 6.07 Å². The second-order valence-electron chi connectivity index (χ2n) is 7.22. The molecular formula is C21H36N2O6S2. The lowest BCUT2D eigenvalue weighted by atomic mass is 10.2. The van der Waals surface area contributed by atoms with Crippen LogP contribution in [0.5, 0.6) is 0 Å². The van der Waals surface area contributed by atoms with Crippen molar-refractivity contribution in [1.29, 1.82) is 0 Å². The van der Waals surface area contributed by atoms with Crippen LogP contribution in [0.3, 0.4) is 0 Å². The van der Waals surface area contributed by atoms with E-state index in [-0.39, 0.29) is 22.0 Å². The first-order valence-corrected chi connectivity index (χ1v) is 13.8. The topological polar surface area (TPSA) is 101 Å². The Morgan fingerprint density at radius 3 is 1.35 bits per heavy atom. The summed E-state index contributed by atoms with van der Waals surface area (Å²) in [4.78, 5) is 12.0. The molecule has 0 atom stereocenters. The number of carbonyl (C=O) groups excluding carboxylic acids is 1. The summed E-state index contributed by atoms with van der Waals surface area (Å²) >= 11 is 0. The van der Waals surface area contributed by atoms with Crippen LogP contribution in [-0.2, 0) is 24.8 Å². The number of benzene rings is 1. The van der Waals surface area contributed by atoms with Crippen molar-refractivity contribution in [2.45, 2.75) is 70.1 Å². The number of nitrogens with zero attached hydrogens (tertiary/aromatic N) is 2. The van der Waals surface area contributed by atoms with Gasteiger partial charge in [0.2, 0.25) is 20.0 Å². The van der Waals surface area contributed by atoms with Crippen LogP contribution in [0, 0.1) is 0 Å². The molecule has 1 aromatic carbocycles. The van der Waals surface area contributed by atoms with Gasteiger partial charge in [-0.3, -0.25) is 0 Å². The van der Waals surface area contributed by atoms with Gasteiger partial charge in [0.15, 0.2) is 0 Å². The average molecular weight is 477 g/mol. The fourth-order valence-corrected chi connectivity index (χ4v) is 6.67. The monoisotopic (exact) mass is 476 g/mol. The molecule has 8 nitrogen and oxygen atoms in total. The highest BCUT2D eigenvalue weighted by molar-refractivity contribution is 7.90. The van der Waals surface area contributed by atoms with Crippen molar-refractivity contribution < 1.29 is 26.4 Å². The zero-order chi connectivity index (χ0) is 23.7. The Balaban J connectivity index is 3.71. The van der Waals surface area contributed by atoms with Crippen molar-refractivity contribution in [2.75, 3.05) is 32.8 Å². The maximum atomic E-state index is 13.3. The van der Waals surface area contributed by atoms with Crippen LogP contribution >= 0.6 is 0 Å². The summed E-state index contributed by atoms with van der Waals surface area (Å²) in [7, 11) is -7.97. The highest BCUT2D eigenvalue weighted by atomic mass is 32.2. The van der Waals surface area contributed by atoms with Gasteiger partial charge in [0, 0.05) is 26.2 Å². The Morgan fingerprint density at radius 1 is 0.710 bits per heavy atom. The largest absolute Gasteiger partial charge is 0.462 e. The summed E-state index contributed by atoms with van der Waals surface area (Å²) in [6, 6.07) is 3.56. The summed E-state index contributed by atoms with van der Waals surface area (Å²) in [5, 5.41) is 0. The van der Waals surface area contributed by atoms with Crippen LogP contribution in [-0.4, -0.2) is 64.2 Å². The maximum absolute atomic E-state index is 13.3. The molecule has 1 aromatic rings. The summed E-state index contributed by atoms with van der Waals surface area (Å²) in [6.45, 7) is 10.4. The van der Waals surface area contributed by atoms with Gasteiger partial charge in [0.25, 0.3) is 0 Å². The quantitative estimate of drug-likeness (QED) is 0.381. The zero-order valence-electron chi connectivity index (χ0n) is 19.3. The zero-order valence-corrected chi connectivity index (χ0v) is 20.9. The third-order valence-electron chi connectivity index (χ3n) is 4.56. The Kier molecular flexibility index (Phi) is 11.1. The van der Waals surface area contributed by atoms with E-state index in [1.165, 1.54) is 20.7 Å². The van der Waals surface area contributed by atoms with Crippen molar-refractivity contribution in [3.63, 3.8) is 0 Å². The van der Waals surface area contributed by atoms with Crippen LogP contribution in [0.15, 0.2) is 28.0 Å². The molecule has 0 aliphatic heterocycles. The van der Waals surface area contributed by atoms with E-state index in [4.69, 9.17) is 4.74 Å². The SMILES string of the molecule is CCCN(CCC)S(=O)(=O)c1cc(C(=O)OCC)cc(S(=O)(=O)N(CCC)CCC)c1. The van der Waals surface area contributed by atoms with Gasteiger partial charge in [0.1, 0.15) is 0 Å². The molecule has 0 radical (unpaired) electrons. The van der Waals surface area contributed by atoms with Gasteiger partial charge in [-0.1, -0.05) is 27.7 Å². The van der Waals surface area contributed by atoms with E-state index < -0.39 is 26.0 Å². The molecule has 1 rings (SSSR count). The molecule has 0 heterocycles. The number of hydrogen-bond donors (Lipinski definition) is 0. The summed E-state index contributed by atoms with van der Waals surface area (Å²) in [6.07, 6.45) is 2.46. The molecule has 31 heavy (non-hydrogen) atoms. The van der Waals surface area contributed by atoms with Crippen molar-refractivity contribution in [2.24, 2.45) is 0 Å². The van der Waals surface area contributed by atoms with Gasteiger partial charge in [-0.05, 0) is 50.8 Å². The van der Waals surface area contributed by atoms with Gasteiger partial charge in [-0.25, -0.2) is 21.6 Å². The highest BCUT2D eigenvalue weighted by Gasteiger charge is 2.30. The van der Waals surface area contributed by atoms with Crippen LogP contribution < -0.4 is 0 Å². The highest BCUT2D eigenvalue weighted by Crippen LogP contribution is 2.26. The number of ether oxygens (including phenoxy) is 1. The van der Waals surface area contributed by atoms with Crippen molar-refractivity contribution in [3.05, 3.63) is 23.8 Å². The molecule has 178 valence electrons. The predicted molar refractivity (Wildman–Crippen MR) is 121 cm³/mol. The molecule has 0 saturated carbocycles. The Hall–Kier alpha value is -1.49. The lowest BCUT2D eigenvalue weighted by Crippen LogP contribution is -2.34. The molecule has 0 amide bonds. The van der Waals surface area contributed by atoms with Crippen molar-refractivity contribution >= 4 is 26.0 Å². The Bertz CT molecular complexity index is 853. The third-order valence-corrected chi connectivity index (χ3v) is 8.31. The second kappa shape index (κ2) is 12.5. The Morgan fingerprint density at radius 2 is 1.06 bits per heavy atom. The molecule has 0 N–H and O–H groups in total. The predicted octanol–water partition coefficient (Wildman–Crippen LogP) is 3.48.